The fourth-order valence-corrected chi connectivity index (χ4v) is 2.21. The van der Waals surface area contributed by atoms with Gasteiger partial charge >= 0.3 is 0 Å². The fraction of sp³-hybridized carbons (Fsp3) is 0.200. The normalized spacial score (nSPS) is 10.8. The maximum atomic E-state index is 5.95. The lowest BCUT2D eigenvalue weighted by Gasteiger charge is -2.03. The predicted molar refractivity (Wildman–Crippen MR) is 81.7 cm³/mol. The molecule has 0 unspecified atom stereocenters. The van der Waals surface area contributed by atoms with Crippen LogP contribution in [-0.4, -0.2) is 22.0 Å². The highest BCUT2D eigenvalue weighted by Gasteiger charge is 2.06. The summed E-state index contributed by atoms with van der Waals surface area (Å²) in [5.41, 5.74) is 9.63. The molecule has 0 aliphatic carbocycles. The molecule has 0 aliphatic rings. The second kappa shape index (κ2) is 5.21. The summed E-state index contributed by atoms with van der Waals surface area (Å²) in [7, 11) is 1.85. The molecule has 0 fully saturated rings. The highest BCUT2D eigenvalue weighted by atomic mass is 15.0. The third kappa shape index (κ3) is 2.42. The molecule has 0 amide bonds. The Balaban J connectivity index is 1.79. The molecule has 2 heterocycles. The maximum absolute atomic E-state index is 5.95. The lowest BCUT2D eigenvalue weighted by atomic mass is 10.1. The first-order chi connectivity index (χ1) is 9.76. The van der Waals surface area contributed by atoms with E-state index >= 15 is 0 Å². The van der Waals surface area contributed by atoms with E-state index in [0.717, 1.165) is 46.9 Å². The molecule has 4 N–H and O–H groups in total. The molecule has 1 aromatic carbocycles. The molecule has 2 aromatic heterocycles. The molecular formula is C15H17N5. The Morgan fingerprint density at radius 3 is 2.75 bits per heavy atom. The number of fused-ring (bicyclic) bond motifs is 1. The van der Waals surface area contributed by atoms with E-state index < -0.39 is 0 Å². The Hall–Kier alpha value is -2.56. The van der Waals surface area contributed by atoms with Crippen LogP contribution in [0, 0.1) is 0 Å². The Bertz CT molecular complexity index is 732. The van der Waals surface area contributed by atoms with Gasteiger partial charge in [0, 0.05) is 19.2 Å². The number of nitrogen functional groups attached to an aromatic ring is 1. The number of aromatic amines is 1. The van der Waals surface area contributed by atoms with Gasteiger partial charge in [0.15, 0.2) is 5.65 Å². The van der Waals surface area contributed by atoms with Gasteiger partial charge in [-0.25, -0.2) is 9.97 Å². The van der Waals surface area contributed by atoms with Gasteiger partial charge in [-0.3, -0.25) is 0 Å². The van der Waals surface area contributed by atoms with Crippen LogP contribution in [0.2, 0.25) is 0 Å². The summed E-state index contributed by atoms with van der Waals surface area (Å²) in [5.74, 6) is 1.76. The third-order valence-corrected chi connectivity index (χ3v) is 3.34. The van der Waals surface area contributed by atoms with Gasteiger partial charge in [-0.05, 0) is 30.2 Å². The number of anilines is 2. The summed E-state index contributed by atoms with van der Waals surface area (Å²) in [6.07, 6.45) is 1.69. The Morgan fingerprint density at radius 1 is 1.10 bits per heavy atom. The van der Waals surface area contributed by atoms with Crippen LogP contribution < -0.4 is 11.1 Å². The van der Waals surface area contributed by atoms with Gasteiger partial charge in [-0.2, -0.15) is 0 Å². The number of nitrogens with zero attached hydrogens (tertiary/aromatic N) is 2. The lowest BCUT2D eigenvalue weighted by molar-refractivity contribution is 0.891. The van der Waals surface area contributed by atoms with E-state index in [1.165, 1.54) is 0 Å². The number of aryl methyl sites for hydroxylation is 2. The summed E-state index contributed by atoms with van der Waals surface area (Å²) in [4.78, 5) is 12.2. The highest BCUT2D eigenvalue weighted by Crippen LogP contribution is 2.16. The molecule has 0 atom stereocenters. The van der Waals surface area contributed by atoms with Crippen LogP contribution >= 0.6 is 0 Å². The summed E-state index contributed by atoms with van der Waals surface area (Å²) >= 11 is 0. The van der Waals surface area contributed by atoms with Crippen molar-refractivity contribution in [1.82, 2.24) is 15.0 Å². The summed E-state index contributed by atoms with van der Waals surface area (Å²) in [6, 6.07) is 11.8. The van der Waals surface area contributed by atoms with Crippen LogP contribution in [0.25, 0.3) is 11.2 Å². The lowest BCUT2D eigenvalue weighted by Crippen LogP contribution is -1.97. The number of aromatic nitrogens is 3. The molecule has 0 aliphatic heterocycles. The van der Waals surface area contributed by atoms with Crippen LogP contribution in [0.1, 0.15) is 11.4 Å². The SMILES string of the molecule is CNc1ccc2[nH]c(CCc3ccccc3N)nc2n1. The number of hydrogen-bond acceptors (Lipinski definition) is 4. The summed E-state index contributed by atoms with van der Waals surface area (Å²) in [6.45, 7) is 0. The van der Waals surface area contributed by atoms with Crippen LogP contribution in [0.15, 0.2) is 36.4 Å². The Labute approximate surface area is 117 Å². The molecule has 0 spiro atoms. The molecule has 0 bridgehead atoms. The van der Waals surface area contributed by atoms with E-state index in [1.807, 2.05) is 37.4 Å². The molecule has 0 saturated carbocycles. The third-order valence-electron chi connectivity index (χ3n) is 3.34. The van der Waals surface area contributed by atoms with E-state index in [0.29, 0.717) is 0 Å². The van der Waals surface area contributed by atoms with Gasteiger partial charge < -0.3 is 16.0 Å². The number of para-hydroxylation sites is 1. The molecule has 20 heavy (non-hydrogen) atoms. The standard InChI is InChI=1S/C15H17N5/c1-17-13-9-7-12-15(19-13)20-14(18-12)8-6-10-4-2-3-5-11(10)16/h2-5,7,9H,6,8,16H2,1H3,(H2,17,18,19,20). The van der Waals surface area contributed by atoms with Crippen molar-refractivity contribution in [1.29, 1.82) is 0 Å². The maximum Gasteiger partial charge on any atom is 0.179 e. The molecule has 5 heteroatoms. The second-order valence-electron chi connectivity index (χ2n) is 4.70. The molecule has 5 nitrogen and oxygen atoms in total. The van der Waals surface area contributed by atoms with Crippen molar-refractivity contribution in [3.63, 3.8) is 0 Å². The quantitative estimate of drug-likeness (QED) is 0.634. The minimum atomic E-state index is 0.743. The van der Waals surface area contributed by atoms with Crippen LogP contribution in [0.3, 0.4) is 0 Å². The number of pyridine rings is 1. The fourth-order valence-electron chi connectivity index (χ4n) is 2.21. The molecule has 3 rings (SSSR count). The van der Waals surface area contributed by atoms with Gasteiger partial charge in [0.1, 0.15) is 11.6 Å². The second-order valence-corrected chi connectivity index (χ2v) is 4.70. The van der Waals surface area contributed by atoms with Crippen molar-refractivity contribution in [2.45, 2.75) is 12.8 Å². The largest absolute Gasteiger partial charge is 0.399 e. The molecular weight excluding hydrogens is 250 g/mol. The van der Waals surface area contributed by atoms with Crippen LogP contribution in [-0.2, 0) is 12.8 Å². The van der Waals surface area contributed by atoms with Gasteiger partial charge in [-0.15, -0.1) is 0 Å². The zero-order valence-electron chi connectivity index (χ0n) is 11.4. The zero-order chi connectivity index (χ0) is 13.9. The summed E-state index contributed by atoms with van der Waals surface area (Å²) in [5, 5.41) is 3.01. The van der Waals surface area contributed by atoms with Crippen molar-refractivity contribution < 1.29 is 0 Å². The molecule has 3 aromatic rings. The van der Waals surface area contributed by atoms with Gasteiger partial charge in [-0.1, -0.05) is 18.2 Å². The number of imidazole rings is 1. The molecule has 0 radical (unpaired) electrons. The monoisotopic (exact) mass is 267 g/mol. The van der Waals surface area contributed by atoms with Crippen molar-refractivity contribution in [2.24, 2.45) is 0 Å². The van der Waals surface area contributed by atoms with Crippen molar-refractivity contribution in [3.8, 4) is 0 Å². The predicted octanol–water partition coefficient (Wildman–Crippen LogP) is 2.37. The van der Waals surface area contributed by atoms with Gasteiger partial charge in [0.25, 0.3) is 0 Å². The first kappa shape index (κ1) is 12.5. The topological polar surface area (TPSA) is 79.6 Å². The van der Waals surface area contributed by atoms with E-state index in [9.17, 15) is 0 Å². The summed E-state index contributed by atoms with van der Waals surface area (Å²) < 4.78 is 0. The van der Waals surface area contributed by atoms with Gasteiger partial charge in [0.05, 0.1) is 5.52 Å². The van der Waals surface area contributed by atoms with Crippen molar-refractivity contribution in [3.05, 3.63) is 47.8 Å². The van der Waals surface area contributed by atoms with E-state index in [-0.39, 0.29) is 0 Å². The number of H-pyrrole nitrogens is 1. The van der Waals surface area contributed by atoms with Crippen molar-refractivity contribution >= 4 is 22.7 Å². The molecule has 102 valence electrons. The van der Waals surface area contributed by atoms with E-state index in [4.69, 9.17) is 5.73 Å². The highest BCUT2D eigenvalue weighted by molar-refractivity contribution is 5.72. The average molecular weight is 267 g/mol. The Kier molecular flexibility index (Phi) is 3.25. The molecule has 0 saturated heterocycles. The average Bonchev–Trinajstić information content (AvgIpc) is 2.88. The first-order valence-corrected chi connectivity index (χ1v) is 6.63. The number of hydrogen-bond donors (Lipinski definition) is 3. The minimum absolute atomic E-state index is 0.743. The minimum Gasteiger partial charge on any atom is -0.399 e. The smallest absolute Gasteiger partial charge is 0.179 e. The van der Waals surface area contributed by atoms with Crippen molar-refractivity contribution in [2.75, 3.05) is 18.1 Å². The van der Waals surface area contributed by atoms with E-state index in [1.54, 1.807) is 0 Å². The van der Waals surface area contributed by atoms with Gasteiger partial charge in [0.2, 0.25) is 0 Å². The number of nitrogens with one attached hydrogen (secondary N) is 2. The number of rotatable bonds is 4. The van der Waals surface area contributed by atoms with Crippen LogP contribution in [0.4, 0.5) is 11.5 Å². The Morgan fingerprint density at radius 2 is 1.95 bits per heavy atom. The number of nitrogens with two attached hydrogens (primary N) is 1. The van der Waals surface area contributed by atoms with Crippen LogP contribution in [0.5, 0.6) is 0 Å². The zero-order valence-corrected chi connectivity index (χ0v) is 11.4. The first-order valence-electron chi connectivity index (χ1n) is 6.63. The number of benzene rings is 1. The van der Waals surface area contributed by atoms with E-state index in [2.05, 4.69) is 26.3 Å².